The molecule has 1 spiro atoms. The van der Waals surface area contributed by atoms with E-state index in [0.29, 0.717) is 11.9 Å². The normalized spacial score (nSPS) is 28.5. The second kappa shape index (κ2) is 7.10. The molecule has 1 aromatic heterocycles. The smallest absolute Gasteiger partial charge is 0.230 e. The van der Waals surface area contributed by atoms with Gasteiger partial charge in [-0.2, -0.15) is 0 Å². The molecule has 1 unspecified atom stereocenters. The summed E-state index contributed by atoms with van der Waals surface area (Å²) in [4.78, 5) is 22.1. The van der Waals surface area contributed by atoms with Crippen molar-refractivity contribution in [3.63, 3.8) is 0 Å². The van der Waals surface area contributed by atoms with Crippen molar-refractivity contribution in [2.45, 2.75) is 70.9 Å². The Bertz CT molecular complexity index is 605. The Labute approximate surface area is 151 Å². The number of carbonyl (C=O) groups excluding carboxylic acids is 1. The standard InChI is InChI=1S/C20H32N4O/c1-2-10-23-11-5-8-20(19(23)25)9-12-22(15-20)14-18-13-21-16-24(18)17-6-3-4-7-17/h13,16-17H,2-12,14-15H2,1H3. The van der Waals surface area contributed by atoms with Crippen LogP contribution < -0.4 is 0 Å². The number of piperidine rings is 1. The maximum atomic E-state index is 13.0. The SMILES string of the molecule is CCCN1CCCC2(CCN(Cc3cncn3C3CCCC3)C2)C1=O. The van der Waals surface area contributed by atoms with Crippen LogP contribution in [0.25, 0.3) is 0 Å². The highest BCUT2D eigenvalue weighted by Crippen LogP contribution is 2.41. The van der Waals surface area contributed by atoms with E-state index in [1.807, 2.05) is 12.5 Å². The summed E-state index contributed by atoms with van der Waals surface area (Å²) in [5.41, 5.74) is 1.23. The molecule has 0 aromatic carbocycles. The number of rotatable bonds is 5. The molecule has 4 rings (SSSR count). The molecule has 25 heavy (non-hydrogen) atoms. The molecule has 1 aliphatic carbocycles. The van der Waals surface area contributed by atoms with Crippen molar-refractivity contribution in [3.05, 3.63) is 18.2 Å². The van der Waals surface area contributed by atoms with Gasteiger partial charge in [-0.15, -0.1) is 0 Å². The van der Waals surface area contributed by atoms with Crippen LogP contribution in [0.15, 0.2) is 12.5 Å². The van der Waals surface area contributed by atoms with Gasteiger partial charge in [-0.25, -0.2) is 4.98 Å². The van der Waals surface area contributed by atoms with E-state index in [2.05, 4.69) is 26.3 Å². The molecule has 1 aromatic rings. The lowest BCUT2D eigenvalue weighted by Gasteiger charge is -2.39. The third-order valence-corrected chi connectivity index (χ3v) is 6.60. The van der Waals surface area contributed by atoms with E-state index >= 15 is 0 Å². The lowest BCUT2D eigenvalue weighted by Crippen LogP contribution is -2.50. The van der Waals surface area contributed by atoms with Crippen molar-refractivity contribution >= 4 is 5.91 Å². The largest absolute Gasteiger partial charge is 0.342 e. The molecule has 1 saturated carbocycles. The van der Waals surface area contributed by atoms with Crippen LogP contribution in [-0.2, 0) is 11.3 Å². The number of hydrogen-bond acceptors (Lipinski definition) is 3. The van der Waals surface area contributed by atoms with Gasteiger partial charge >= 0.3 is 0 Å². The minimum atomic E-state index is -0.106. The van der Waals surface area contributed by atoms with Gasteiger partial charge in [0.2, 0.25) is 5.91 Å². The molecule has 2 saturated heterocycles. The summed E-state index contributed by atoms with van der Waals surface area (Å²) in [6.07, 6.45) is 13.7. The van der Waals surface area contributed by atoms with E-state index in [9.17, 15) is 4.79 Å². The number of hydrogen-bond donors (Lipinski definition) is 0. The van der Waals surface area contributed by atoms with Crippen LogP contribution in [0.1, 0.15) is 70.0 Å². The van der Waals surface area contributed by atoms with Gasteiger partial charge in [0, 0.05) is 38.4 Å². The van der Waals surface area contributed by atoms with E-state index < -0.39 is 0 Å². The van der Waals surface area contributed by atoms with Crippen molar-refractivity contribution < 1.29 is 4.79 Å². The topological polar surface area (TPSA) is 41.4 Å². The van der Waals surface area contributed by atoms with Crippen LogP contribution in [0.3, 0.4) is 0 Å². The van der Waals surface area contributed by atoms with Gasteiger partial charge in [-0.05, 0) is 45.1 Å². The van der Waals surface area contributed by atoms with Crippen molar-refractivity contribution in [3.8, 4) is 0 Å². The number of aromatic nitrogens is 2. The predicted octanol–water partition coefficient (Wildman–Crippen LogP) is 3.22. The third kappa shape index (κ3) is 3.23. The van der Waals surface area contributed by atoms with E-state index in [4.69, 9.17) is 0 Å². The van der Waals surface area contributed by atoms with Crippen molar-refractivity contribution in [1.82, 2.24) is 19.4 Å². The Morgan fingerprint density at radius 1 is 1.20 bits per heavy atom. The minimum Gasteiger partial charge on any atom is -0.342 e. The zero-order valence-electron chi connectivity index (χ0n) is 15.6. The van der Waals surface area contributed by atoms with E-state index in [-0.39, 0.29) is 5.41 Å². The molecule has 0 bridgehead atoms. The van der Waals surface area contributed by atoms with Crippen LogP contribution in [0.4, 0.5) is 0 Å². The third-order valence-electron chi connectivity index (χ3n) is 6.60. The first-order chi connectivity index (χ1) is 12.2. The van der Waals surface area contributed by atoms with Gasteiger partial charge < -0.3 is 9.47 Å². The van der Waals surface area contributed by atoms with Crippen molar-refractivity contribution in [2.24, 2.45) is 5.41 Å². The molecular formula is C20H32N4O. The Hall–Kier alpha value is -1.36. The first-order valence-electron chi connectivity index (χ1n) is 10.2. The molecule has 1 amide bonds. The van der Waals surface area contributed by atoms with Gasteiger partial charge in [-0.3, -0.25) is 9.69 Å². The van der Waals surface area contributed by atoms with Gasteiger partial charge in [0.25, 0.3) is 0 Å². The highest BCUT2D eigenvalue weighted by atomic mass is 16.2. The Kier molecular flexibility index (Phi) is 4.85. The number of likely N-dealkylation sites (tertiary alicyclic amines) is 2. The van der Waals surface area contributed by atoms with Gasteiger partial charge in [-0.1, -0.05) is 19.8 Å². The van der Waals surface area contributed by atoms with Crippen LogP contribution in [0.2, 0.25) is 0 Å². The number of carbonyl (C=O) groups is 1. The molecule has 5 nitrogen and oxygen atoms in total. The maximum absolute atomic E-state index is 13.0. The number of amides is 1. The maximum Gasteiger partial charge on any atom is 0.230 e. The Balaban J connectivity index is 1.43. The molecule has 1 atom stereocenters. The first-order valence-corrected chi connectivity index (χ1v) is 10.2. The second-order valence-electron chi connectivity index (χ2n) is 8.37. The lowest BCUT2D eigenvalue weighted by atomic mass is 9.78. The van der Waals surface area contributed by atoms with Crippen LogP contribution in [0, 0.1) is 5.41 Å². The molecule has 0 radical (unpaired) electrons. The molecule has 138 valence electrons. The Morgan fingerprint density at radius 3 is 2.84 bits per heavy atom. The van der Waals surface area contributed by atoms with Gasteiger partial charge in [0.05, 0.1) is 17.4 Å². The lowest BCUT2D eigenvalue weighted by molar-refractivity contribution is -0.145. The number of imidazole rings is 1. The molecule has 2 aliphatic heterocycles. The summed E-state index contributed by atoms with van der Waals surface area (Å²) in [5.74, 6) is 0.424. The predicted molar refractivity (Wildman–Crippen MR) is 98.2 cm³/mol. The first kappa shape index (κ1) is 17.1. The fourth-order valence-corrected chi connectivity index (χ4v) is 5.30. The highest BCUT2D eigenvalue weighted by molar-refractivity contribution is 5.84. The quantitative estimate of drug-likeness (QED) is 0.823. The molecule has 3 fully saturated rings. The second-order valence-corrected chi connectivity index (χ2v) is 8.37. The monoisotopic (exact) mass is 344 g/mol. The minimum absolute atomic E-state index is 0.106. The highest BCUT2D eigenvalue weighted by Gasteiger charge is 2.48. The average molecular weight is 345 g/mol. The Morgan fingerprint density at radius 2 is 2.04 bits per heavy atom. The molecular weight excluding hydrogens is 312 g/mol. The zero-order chi connectivity index (χ0) is 17.3. The van der Waals surface area contributed by atoms with Crippen LogP contribution in [-0.4, -0.2) is 51.4 Å². The van der Waals surface area contributed by atoms with E-state index in [1.54, 1.807) is 0 Å². The van der Waals surface area contributed by atoms with Gasteiger partial charge in [0.15, 0.2) is 0 Å². The summed E-state index contributed by atoms with van der Waals surface area (Å²) in [7, 11) is 0. The average Bonchev–Trinajstić information content (AvgIpc) is 3.34. The summed E-state index contributed by atoms with van der Waals surface area (Å²) in [6, 6.07) is 0.644. The molecule has 3 heterocycles. The fourth-order valence-electron chi connectivity index (χ4n) is 5.30. The van der Waals surface area contributed by atoms with E-state index in [0.717, 1.165) is 52.0 Å². The zero-order valence-corrected chi connectivity index (χ0v) is 15.6. The van der Waals surface area contributed by atoms with E-state index in [1.165, 1.54) is 37.8 Å². The van der Waals surface area contributed by atoms with Crippen molar-refractivity contribution in [1.29, 1.82) is 0 Å². The van der Waals surface area contributed by atoms with Crippen LogP contribution in [0.5, 0.6) is 0 Å². The number of nitrogens with zero attached hydrogens (tertiary/aromatic N) is 4. The van der Waals surface area contributed by atoms with Crippen molar-refractivity contribution in [2.75, 3.05) is 26.2 Å². The van der Waals surface area contributed by atoms with Gasteiger partial charge in [0.1, 0.15) is 0 Å². The summed E-state index contributed by atoms with van der Waals surface area (Å²) in [6.45, 7) is 6.97. The fraction of sp³-hybridized carbons (Fsp3) is 0.800. The molecule has 3 aliphatic rings. The summed E-state index contributed by atoms with van der Waals surface area (Å²) >= 11 is 0. The molecule has 0 N–H and O–H groups in total. The summed E-state index contributed by atoms with van der Waals surface area (Å²) in [5, 5.41) is 0. The molecule has 5 heteroatoms. The summed E-state index contributed by atoms with van der Waals surface area (Å²) < 4.78 is 2.41. The van der Waals surface area contributed by atoms with Crippen LogP contribution >= 0.6 is 0 Å².